The van der Waals surface area contributed by atoms with Crippen LogP contribution in [0.25, 0.3) is 0 Å². The molecule has 0 aliphatic carbocycles. The van der Waals surface area contributed by atoms with Crippen molar-refractivity contribution in [3.63, 3.8) is 0 Å². The van der Waals surface area contributed by atoms with Gasteiger partial charge in [-0.25, -0.2) is 0 Å². The normalized spacial score (nSPS) is 11.0. The van der Waals surface area contributed by atoms with E-state index >= 15 is 0 Å². The molecule has 0 fully saturated rings. The molecule has 0 atom stereocenters. The first-order valence-corrected chi connectivity index (χ1v) is 4.29. The molecule has 1 rings (SSSR count). The highest BCUT2D eigenvalue weighted by atomic mass is 19.4. The lowest BCUT2D eigenvalue weighted by atomic mass is 10.2. The average Bonchev–Trinajstić information content (AvgIpc) is 2.24. The molecule has 3 nitrogen and oxygen atoms in total. The topological polar surface area (TPSA) is 35.5 Å². The average molecular weight is 234 g/mol. The quantitative estimate of drug-likeness (QED) is 0.750. The number of methoxy groups -OCH3 is 1. The predicted octanol–water partition coefficient (Wildman–Crippen LogP) is 2.45. The zero-order chi connectivity index (χ0) is 12.2. The summed E-state index contributed by atoms with van der Waals surface area (Å²) in [6.07, 6.45) is -3.94. The third-order valence-electron chi connectivity index (χ3n) is 1.73. The molecule has 0 saturated heterocycles. The minimum absolute atomic E-state index is 0.00162. The molecular formula is C10H9F3O3. The van der Waals surface area contributed by atoms with E-state index in [4.69, 9.17) is 4.74 Å². The maximum absolute atomic E-state index is 11.9. The molecule has 0 aliphatic heterocycles. The number of alkyl halides is 3. The fourth-order valence-corrected chi connectivity index (χ4v) is 1.12. The van der Waals surface area contributed by atoms with Gasteiger partial charge in [-0.15, -0.1) is 0 Å². The van der Waals surface area contributed by atoms with Crippen LogP contribution in [0.5, 0.6) is 11.5 Å². The van der Waals surface area contributed by atoms with Gasteiger partial charge in [0.2, 0.25) is 0 Å². The molecule has 0 saturated carbocycles. The summed E-state index contributed by atoms with van der Waals surface area (Å²) in [7, 11) is 1.25. The van der Waals surface area contributed by atoms with E-state index in [0.717, 1.165) is 0 Å². The molecule has 0 bridgehead atoms. The molecule has 0 spiro atoms. The first-order chi connectivity index (χ1) is 7.48. The van der Waals surface area contributed by atoms with Crippen molar-refractivity contribution < 1.29 is 27.4 Å². The number of carbonyl (C=O) groups is 1. The molecule has 0 amide bonds. The summed E-state index contributed by atoms with van der Waals surface area (Å²) in [5, 5.41) is 0. The van der Waals surface area contributed by atoms with Gasteiger partial charge in [0.15, 0.2) is 24.4 Å². The Labute approximate surface area is 89.8 Å². The van der Waals surface area contributed by atoms with Gasteiger partial charge in [0.05, 0.1) is 12.7 Å². The van der Waals surface area contributed by atoms with Crippen LogP contribution in [0.1, 0.15) is 10.4 Å². The first kappa shape index (κ1) is 12.4. The number of aldehydes is 1. The highest BCUT2D eigenvalue weighted by Gasteiger charge is 2.29. The van der Waals surface area contributed by atoms with Crippen molar-refractivity contribution in [1.82, 2.24) is 0 Å². The Balaban J connectivity index is 2.91. The highest BCUT2D eigenvalue weighted by Crippen LogP contribution is 2.31. The van der Waals surface area contributed by atoms with Gasteiger partial charge in [-0.05, 0) is 12.1 Å². The Bertz CT molecular complexity index is 374. The van der Waals surface area contributed by atoms with Gasteiger partial charge in [0.1, 0.15) is 0 Å². The molecular weight excluding hydrogens is 225 g/mol. The maximum Gasteiger partial charge on any atom is 0.422 e. The number of benzene rings is 1. The Morgan fingerprint density at radius 2 is 2.06 bits per heavy atom. The molecule has 1 aromatic rings. The molecule has 88 valence electrons. The van der Waals surface area contributed by atoms with Crippen molar-refractivity contribution in [2.75, 3.05) is 13.7 Å². The fourth-order valence-electron chi connectivity index (χ4n) is 1.12. The Hall–Kier alpha value is -1.72. The number of hydrogen-bond donors (Lipinski definition) is 0. The van der Waals surface area contributed by atoms with Crippen LogP contribution in [0.3, 0.4) is 0 Å². The smallest absolute Gasteiger partial charge is 0.422 e. The fraction of sp³-hybridized carbons (Fsp3) is 0.300. The molecule has 0 aromatic heterocycles. The van der Waals surface area contributed by atoms with E-state index in [1.165, 1.54) is 25.3 Å². The third kappa shape index (κ3) is 3.15. The van der Waals surface area contributed by atoms with Crippen molar-refractivity contribution in [1.29, 1.82) is 0 Å². The summed E-state index contributed by atoms with van der Waals surface area (Å²) >= 11 is 0. The second kappa shape index (κ2) is 4.87. The zero-order valence-electron chi connectivity index (χ0n) is 8.38. The Morgan fingerprint density at radius 1 is 1.38 bits per heavy atom. The van der Waals surface area contributed by atoms with Crippen molar-refractivity contribution >= 4 is 6.29 Å². The number of ether oxygens (including phenoxy) is 2. The summed E-state index contributed by atoms with van der Waals surface area (Å²) in [5.41, 5.74) is 0.141. The van der Waals surface area contributed by atoms with Crippen LogP contribution >= 0.6 is 0 Å². The largest absolute Gasteiger partial charge is 0.492 e. The van der Waals surface area contributed by atoms with Gasteiger partial charge >= 0.3 is 6.18 Å². The number of carbonyl (C=O) groups excluding carboxylic acids is 1. The lowest BCUT2D eigenvalue weighted by Gasteiger charge is -2.13. The van der Waals surface area contributed by atoms with Crippen molar-refractivity contribution in [2.45, 2.75) is 6.18 Å². The van der Waals surface area contributed by atoms with Crippen LogP contribution in [0.15, 0.2) is 18.2 Å². The number of rotatable bonds is 4. The van der Waals surface area contributed by atoms with Gasteiger partial charge in [-0.2, -0.15) is 13.2 Å². The molecule has 6 heteroatoms. The second-order valence-corrected chi connectivity index (χ2v) is 2.90. The van der Waals surface area contributed by atoms with E-state index in [1.807, 2.05) is 0 Å². The second-order valence-electron chi connectivity index (χ2n) is 2.90. The molecule has 16 heavy (non-hydrogen) atoms. The molecule has 0 unspecified atom stereocenters. The third-order valence-corrected chi connectivity index (χ3v) is 1.73. The van der Waals surface area contributed by atoms with E-state index in [0.29, 0.717) is 6.29 Å². The van der Waals surface area contributed by atoms with E-state index in [-0.39, 0.29) is 17.1 Å². The molecule has 0 N–H and O–H groups in total. The monoisotopic (exact) mass is 234 g/mol. The standard InChI is InChI=1S/C10H9F3O3/c1-15-9-7(5-14)3-2-4-8(9)16-6-10(11,12)13/h2-5H,6H2,1H3. The lowest BCUT2D eigenvalue weighted by Crippen LogP contribution is -2.19. The van der Waals surface area contributed by atoms with Crippen LogP contribution in [-0.4, -0.2) is 26.2 Å². The number of hydrogen-bond acceptors (Lipinski definition) is 3. The number of halogens is 3. The predicted molar refractivity (Wildman–Crippen MR) is 49.9 cm³/mol. The van der Waals surface area contributed by atoms with Gasteiger partial charge in [0, 0.05) is 0 Å². The van der Waals surface area contributed by atoms with E-state index < -0.39 is 12.8 Å². The molecule has 1 aromatic carbocycles. The summed E-state index contributed by atoms with van der Waals surface area (Å²) < 4.78 is 45.1. The minimum atomic E-state index is -4.43. The van der Waals surface area contributed by atoms with Crippen LogP contribution < -0.4 is 9.47 Å². The number of para-hydroxylation sites is 1. The van der Waals surface area contributed by atoms with Gasteiger partial charge in [-0.1, -0.05) is 6.07 Å². The van der Waals surface area contributed by atoms with Crippen LogP contribution in [0.2, 0.25) is 0 Å². The summed E-state index contributed by atoms with van der Waals surface area (Å²) in [4.78, 5) is 10.6. The molecule has 0 heterocycles. The van der Waals surface area contributed by atoms with E-state index in [9.17, 15) is 18.0 Å². The molecule has 0 aliphatic rings. The zero-order valence-corrected chi connectivity index (χ0v) is 8.38. The molecule has 0 radical (unpaired) electrons. The lowest BCUT2D eigenvalue weighted by molar-refractivity contribution is -0.153. The van der Waals surface area contributed by atoms with Gasteiger partial charge in [0.25, 0.3) is 0 Å². The maximum atomic E-state index is 11.9. The SMILES string of the molecule is COc1c(C=O)cccc1OCC(F)(F)F. The van der Waals surface area contributed by atoms with Gasteiger partial charge in [-0.3, -0.25) is 4.79 Å². The Kier molecular flexibility index (Phi) is 3.76. The summed E-state index contributed by atoms with van der Waals surface area (Å²) in [5.74, 6) is -0.105. The van der Waals surface area contributed by atoms with Gasteiger partial charge < -0.3 is 9.47 Å². The van der Waals surface area contributed by atoms with Crippen molar-refractivity contribution in [3.05, 3.63) is 23.8 Å². The van der Waals surface area contributed by atoms with Crippen molar-refractivity contribution in [3.8, 4) is 11.5 Å². The van der Waals surface area contributed by atoms with Crippen molar-refractivity contribution in [2.24, 2.45) is 0 Å². The summed E-state index contributed by atoms with van der Waals surface area (Å²) in [6, 6.07) is 4.14. The van der Waals surface area contributed by atoms with E-state index in [1.54, 1.807) is 0 Å². The van der Waals surface area contributed by atoms with Crippen LogP contribution in [-0.2, 0) is 0 Å². The van der Waals surface area contributed by atoms with Crippen LogP contribution in [0.4, 0.5) is 13.2 Å². The summed E-state index contributed by atoms with van der Waals surface area (Å²) in [6.45, 7) is -1.42. The van der Waals surface area contributed by atoms with E-state index in [2.05, 4.69) is 4.74 Å². The Morgan fingerprint density at radius 3 is 2.56 bits per heavy atom. The first-order valence-electron chi connectivity index (χ1n) is 4.29. The minimum Gasteiger partial charge on any atom is -0.492 e. The highest BCUT2D eigenvalue weighted by molar-refractivity contribution is 5.81. The van der Waals surface area contributed by atoms with Crippen LogP contribution in [0, 0.1) is 0 Å².